The van der Waals surface area contributed by atoms with Crippen LogP contribution in [0.1, 0.15) is 227 Å². The number of fused-ring (bicyclic) bond motifs is 5. The number of ether oxygens (including phenoxy) is 5. The van der Waals surface area contributed by atoms with E-state index in [0.29, 0.717) is 94.4 Å². The lowest BCUT2D eigenvalue weighted by molar-refractivity contribution is -0.301. The van der Waals surface area contributed by atoms with Crippen LogP contribution in [0.25, 0.3) is 0 Å². The zero-order chi connectivity index (χ0) is 85.2. The van der Waals surface area contributed by atoms with E-state index in [1.165, 1.54) is 60.3 Å². The van der Waals surface area contributed by atoms with Crippen LogP contribution in [0, 0.1) is 46.3 Å². The second-order valence-corrected chi connectivity index (χ2v) is 38.8. The summed E-state index contributed by atoms with van der Waals surface area (Å²) in [6.07, 6.45) is 3.50. The van der Waals surface area contributed by atoms with Crippen molar-refractivity contribution in [2.45, 2.75) is 325 Å². The molecule has 34 nitrogen and oxygen atoms in total. The molecule has 4 heterocycles. The third-order valence-corrected chi connectivity index (χ3v) is 28.5. The zero-order valence-corrected chi connectivity index (χ0v) is 71.8. The maximum absolute atomic E-state index is 13.9. The van der Waals surface area contributed by atoms with E-state index in [-0.39, 0.29) is 127 Å². The first kappa shape index (κ1) is 98.9. The number of aliphatic hydroxyl groups excluding tert-OH is 10. The van der Waals surface area contributed by atoms with Crippen LogP contribution in [0.2, 0.25) is 0 Å². The molecule has 14 N–H and O–H groups in total. The number of hydrogen-bond donors (Lipinski definition) is 14. The molecule has 4 saturated heterocycles. The van der Waals surface area contributed by atoms with E-state index in [2.05, 4.69) is 62.0 Å². The molecule has 0 aromatic rings. The van der Waals surface area contributed by atoms with Crippen LogP contribution in [0.5, 0.6) is 0 Å². The van der Waals surface area contributed by atoms with Gasteiger partial charge >= 0.3 is 6.09 Å². The first-order chi connectivity index (χ1) is 55.7. The number of phosphoric ester groups is 1. The Balaban J connectivity index is 0.727. The normalized spacial score (nSPS) is 33.2. The minimum atomic E-state index is -5.16. The molecule has 0 radical (unpaired) electrons. The number of hydrogen-bond acceptors (Lipinski definition) is 29. The molecule has 0 bridgehead atoms. The standard InChI is InChI=1S/C80H140N6O28P2S/c1-50(2)19-18-20-51(3)59-28-29-60-58-27-26-52-41-56(30-32-79(52,4)61(58)31-33-80(59,60)5)111-78(102)83-36-14-7-9-25-68(94)86-45-57(43-54(86)49-110-116(105,117)108-40-37-87)114-115(103,104)109-48-53-42-55(90)44-85(53)67(93)24-8-6-13-35-82-75(101)62(84-66(92)23-12-17-39-107-77-74(100)72(98)70(96)64(47-89)113-77)21-10-15-34-81-65(91)22-11-16-38-106-76-73(99)71(97)69(95)63(46-88)112-76/h26,50-51,53-64,69-74,76-77,87-90,95-100H,6-25,27-49H2,1-5H3,(H,81,91)(H,82,101)(H,83,102)(H,84,92)(H,103,104)(H,105,117)/p-2/t51-,53+,54+,55-,56-,57?,58+,59-,60?,61-,62+,63?,64?,69?,70?,71?,72?,73?,74?,76?,77?,79-,80+,116?/m1/s1. The SMILES string of the molecule is CC(C)CCC[C@@H](C)[C@H]1CCC2[C@@H]3CC=C4C[C@H](OC(=O)NCCCCCC(=O)N5CC(OP(=O)([O-])OC[C@@H]6C[C@@H](O)CN6C(=O)CCCCCNC(=O)[C@H](CCCCNC(=O)CCCCOC6OC(CO)C(O)C(O)C6O)NC(=O)CCCCOC6OC(CO)C(O)C(O)C6O)C[C@H]5COP([O-])(=S)OCCO)CC[C@@]4(C)[C@@H]3CC[C@]21C. The Morgan fingerprint density at radius 1 is 0.598 bits per heavy atom. The van der Waals surface area contributed by atoms with Crippen molar-refractivity contribution in [2.24, 2.45) is 46.3 Å². The number of likely N-dealkylation sites (tertiary alicyclic amines) is 2. The van der Waals surface area contributed by atoms with Crippen LogP contribution in [0.4, 0.5) is 4.79 Å². The molecule has 4 aliphatic carbocycles. The van der Waals surface area contributed by atoms with Crippen molar-refractivity contribution in [1.29, 1.82) is 0 Å². The van der Waals surface area contributed by atoms with Crippen molar-refractivity contribution >= 4 is 62.0 Å². The van der Waals surface area contributed by atoms with Gasteiger partial charge in [-0.3, -0.25) is 28.5 Å². The Labute approximate surface area is 694 Å². The van der Waals surface area contributed by atoms with Crippen molar-refractivity contribution in [3.05, 3.63) is 11.6 Å². The first-order valence-electron chi connectivity index (χ1n) is 43.2. The lowest BCUT2D eigenvalue weighted by atomic mass is 9.47. The number of unbranched alkanes of at least 4 members (excludes halogenated alkanes) is 7. The Morgan fingerprint density at radius 3 is 1.80 bits per heavy atom. The molecule has 674 valence electrons. The zero-order valence-electron chi connectivity index (χ0n) is 69.2. The molecule has 25 atom stereocenters. The van der Waals surface area contributed by atoms with Crippen molar-refractivity contribution in [3.63, 3.8) is 0 Å². The van der Waals surface area contributed by atoms with Crippen molar-refractivity contribution in [2.75, 3.05) is 85.6 Å². The number of nitrogens with one attached hydrogen (secondary N) is 4. The fourth-order valence-electron chi connectivity index (χ4n) is 19.4. The Morgan fingerprint density at radius 2 is 1.18 bits per heavy atom. The van der Waals surface area contributed by atoms with Gasteiger partial charge in [-0.2, -0.15) is 0 Å². The minimum absolute atomic E-state index is 0.00479. The summed E-state index contributed by atoms with van der Waals surface area (Å²) in [6.45, 7) is 5.59. The quantitative estimate of drug-likeness (QED) is 0.0236. The number of amides is 6. The third-order valence-electron chi connectivity index (χ3n) is 25.9. The highest BCUT2D eigenvalue weighted by Gasteiger charge is 2.60. The highest BCUT2D eigenvalue weighted by Crippen LogP contribution is 2.67. The van der Waals surface area contributed by atoms with E-state index in [0.717, 1.165) is 49.4 Å². The number of allylic oxidation sites excluding steroid dienone is 1. The third kappa shape index (κ3) is 29.3. The molecule has 14 unspecified atom stereocenters. The highest BCUT2D eigenvalue weighted by molar-refractivity contribution is 8.06. The lowest BCUT2D eigenvalue weighted by Gasteiger charge is -2.58. The maximum Gasteiger partial charge on any atom is 0.407 e. The number of alkyl carbamates (subject to hydrolysis) is 1. The van der Waals surface area contributed by atoms with Crippen molar-refractivity contribution in [1.82, 2.24) is 31.1 Å². The number of rotatable bonds is 50. The molecule has 0 aromatic heterocycles. The van der Waals surface area contributed by atoms with Gasteiger partial charge in [-0.05, 0) is 175 Å². The topological polar surface area (TPSA) is 506 Å². The van der Waals surface area contributed by atoms with Crippen LogP contribution in [-0.2, 0) is 82.1 Å². The van der Waals surface area contributed by atoms with Crippen LogP contribution >= 0.6 is 14.5 Å². The van der Waals surface area contributed by atoms with E-state index in [9.17, 15) is 94.2 Å². The molecule has 4 aliphatic heterocycles. The summed E-state index contributed by atoms with van der Waals surface area (Å²) >= 11 is 4.99. The number of β-amino-alcohol motifs (C(OH)–C–C–N with tert-alkyl or cyclic N) is 1. The fraction of sp³-hybridized carbons (Fsp3) is 0.900. The number of carbonyl (C=O) groups is 6. The second kappa shape index (κ2) is 48.1. The van der Waals surface area contributed by atoms with Gasteiger partial charge in [-0.25, -0.2) is 4.79 Å². The lowest BCUT2D eigenvalue weighted by Crippen LogP contribution is -2.59. The van der Waals surface area contributed by atoms with Crippen molar-refractivity contribution < 1.29 is 136 Å². The molecular weight excluding hydrogens is 1590 g/mol. The van der Waals surface area contributed by atoms with E-state index in [1.54, 1.807) is 0 Å². The second-order valence-electron chi connectivity index (χ2n) is 34.7. The van der Waals surface area contributed by atoms with Gasteiger partial charge in [0.1, 0.15) is 67.7 Å². The van der Waals surface area contributed by atoms with Crippen LogP contribution in [0.3, 0.4) is 0 Å². The molecular formula is C80H138N6O28P2S-2. The van der Waals surface area contributed by atoms with Gasteiger partial charge in [-0.15, -0.1) is 0 Å². The van der Waals surface area contributed by atoms with Gasteiger partial charge < -0.3 is 134 Å². The van der Waals surface area contributed by atoms with E-state index in [4.69, 9.17) is 53.6 Å². The summed E-state index contributed by atoms with van der Waals surface area (Å²) in [4.78, 5) is 110. The van der Waals surface area contributed by atoms with Gasteiger partial charge in [0.05, 0.1) is 63.9 Å². The Kier molecular flexibility index (Phi) is 40.6. The summed E-state index contributed by atoms with van der Waals surface area (Å²) in [5.41, 5.74) is 1.98. The van der Waals surface area contributed by atoms with Crippen LogP contribution in [-0.4, -0.2) is 280 Å². The molecule has 117 heavy (non-hydrogen) atoms. The molecule has 7 fully saturated rings. The van der Waals surface area contributed by atoms with E-state index in [1.807, 2.05) is 0 Å². The average Bonchev–Trinajstić information content (AvgIpc) is 1.67. The number of aliphatic hydroxyl groups is 10. The summed E-state index contributed by atoms with van der Waals surface area (Å²) in [5, 5.41) is 111. The monoisotopic (exact) mass is 1720 g/mol. The minimum Gasteiger partial charge on any atom is -0.780 e. The van der Waals surface area contributed by atoms with E-state index >= 15 is 0 Å². The molecule has 8 aliphatic rings. The molecule has 0 spiro atoms. The molecule has 37 heteroatoms. The van der Waals surface area contributed by atoms with Crippen LogP contribution < -0.4 is 31.1 Å². The molecule has 8 rings (SSSR count). The summed E-state index contributed by atoms with van der Waals surface area (Å²) < 4.78 is 62.7. The molecule has 6 amide bonds. The first-order valence-corrected chi connectivity index (χ1v) is 47.2. The maximum atomic E-state index is 13.9. The fourth-order valence-corrected chi connectivity index (χ4v) is 21.4. The highest BCUT2D eigenvalue weighted by atomic mass is 32.5. The number of carbonyl (C=O) groups excluding carboxylic acids is 6. The molecule has 0 aromatic carbocycles. The Bertz CT molecular complexity index is 3230. The van der Waals surface area contributed by atoms with Gasteiger partial charge in [-0.1, -0.05) is 90.2 Å². The van der Waals surface area contributed by atoms with Gasteiger partial charge in [0.15, 0.2) is 12.6 Å². The molecule has 3 saturated carbocycles. The largest absolute Gasteiger partial charge is 0.780 e. The predicted octanol–water partition coefficient (Wildman–Crippen LogP) is 3.15. The average molecular weight is 1730 g/mol. The van der Waals surface area contributed by atoms with Crippen LogP contribution in [0.15, 0.2) is 11.6 Å². The van der Waals surface area contributed by atoms with Gasteiger partial charge in [0.25, 0.3) is 7.82 Å². The summed E-state index contributed by atoms with van der Waals surface area (Å²) in [6, 6.07) is -2.69. The van der Waals surface area contributed by atoms with E-state index < -0.39 is 157 Å². The van der Waals surface area contributed by atoms with Gasteiger partial charge in [0, 0.05) is 78.0 Å². The number of phosphoric acid groups is 1. The smallest absolute Gasteiger partial charge is 0.407 e. The summed E-state index contributed by atoms with van der Waals surface area (Å²) in [7, 11) is -5.16. The summed E-state index contributed by atoms with van der Waals surface area (Å²) in [5.74, 6) is 2.51. The number of nitrogens with zero attached hydrogens (tertiary/aromatic N) is 2. The predicted molar refractivity (Wildman–Crippen MR) is 425 cm³/mol. The Hall–Kier alpha value is -3.56. The van der Waals surface area contributed by atoms with Crippen molar-refractivity contribution in [3.8, 4) is 0 Å². The van der Waals surface area contributed by atoms with Gasteiger partial charge in [0.2, 0.25) is 29.5 Å².